The second-order valence-corrected chi connectivity index (χ2v) is 6.80. The molecule has 3 rings (SSSR count). The Morgan fingerprint density at radius 2 is 2.24 bits per heavy atom. The normalized spacial score (nSPS) is 14.4. The first-order valence-electron chi connectivity index (χ1n) is 9.97. The maximum absolute atomic E-state index is 13.9. The highest BCUT2D eigenvalue weighted by molar-refractivity contribution is 6.32. The van der Waals surface area contributed by atoms with Gasteiger partial charge in [-0.2, -0.15) is 14.8 Å². The van der Waals surface area contributed by atoms with Gasteiger partial charge in [0, 0.05) is 30.3 Å². The maximum atomic E-state index is 13.9. The van der Waals surface area contributed by atoms with E-state index in [9.17, 15) is 4.39 Å². The average molecular weight is 465 g/mol. The number of oxime groups is 1. The summed E-state index contributed by atoms with van der Waals surface area (Å²) in [7, 11) is 0. The lowest BCUT2D eigenvalue weighted by Gasteiger charge is -2.18. The zero-order valence-corrected chi connectivity index (χ0v) is 18.8. The number of nitriles is 1. The van der Waals surface area contributed by atoms with Gasteiger partial charge in [-0.3, -0.25) is 5.01 Å². The van der Waals surface area contributed by atoms with Crippen molar-refractivity contribution in [3.63, 3.8) is 0 Å². The van der Waals surface area contributed by atoms with E-state index in [0.717, 1.165) is 11.3 Å². The van der Waals surface area contributed by atoms with Gasteiger partial charge in [-0.05, 0) is 49.4 Å². The zero-order chi connectivity index (χ0) is 24.1. The van der Waals surface area contributed by atoms with E-state index in [1.165, 1.54) is 18.4 Å². The van der Waals surface area contributed by atoms with E-state index < -0.39 is 5.83 Å². The predicted molar refractivity (Wildman–Crippen MR) is 130 cm³/mol. The molecule has 0 saturated heterocycles. The third-order valence-corrected chi connectivity index (χ3v) is 4.68. The molecule has 33 heavy (non-hydrogen) atoms. The molecule has 0 radical (unpaired) electrons. The van der Waals surface area contributed by atoms with Gasteiger partial charge >= 0.3 is 0 Å². The minimum atomic E-state index is -0.491. The molecule has 2 aliphatic rings. The van der Waals surface area contributed by atoms with Crippen LogP contribution in [0.15, 0.2) is 81.2 Å². The molecule has 168 valence electrons. The molecular weight excluding hydrogens is 443 g/mol. The molecule has 0 amide bonds. The fraction of sp³-hybridized carbons (Fsp3) is 0.200. The first kappa shape index (κ1) is 25.2. The van der Waals surface area contributed by atoms with E-state index in [0.29, 0.717) is 41.5 Å². The van der Waals surface area contributed by atoms with Crippen molar-refractivity contribution in [2.24, 2.45) is 10.3 Å². The number of halogens is 2. The average Bonchev–Trinajstić information content (AvgIpc) is 3.04. The van der Waals surface area contributed by atoms with Gasteiger partial charge in [0.1, 0.15) is 18.4 Å². The summed E-state index contributed by atoms with van der Waals surface area (Å²) >= 11 is 6.11. The molecule has 0 fully saturated rings. The number of hydrogen-bond donors (Lipinski definition) is 0. The van der Waals surface area contributed by atoms with Gasteiger partial charge in [-0.25, -0.2) is 0 Å². The van der Waals surface area contributed by atoms with Crippen molar-refractivity contribution >= 4 is 29.7 Å². The quantitative estimate of drug-likeness (QED) is 0.168. The highest BCUT2D eigenvalue weighted by atomic mass is 35.5. The summed E-state index contributed by atoms with van der Waals surface area (Å²) in [5.74, 6) is 0.0272. The van der Waals surface area contributed by atoms with Gasteiger partial charge in [0.2, 0.25) is 0 Å². The van der Waals surface area contributed by atoms with Crippen LogP contribution >= 0.6 is 11.6 Å². The summed E-state index contributed by atoms with van der Waals surface area (Å²) in [6.45, 7) is 3.17. The fourth-order valence-corrected chi connectivity index (χ4v) is 3.07. The van der Waals surface area contributed by atoms with Gasteiger partial charge in [-0.15, -0.1) is 12.8 Å². The van der Waals surface area contributed by atoms with Crippen LogP contribution < -0.4 is 5.01 Å². The van der Waals surface area contributed by atoms with E-state index in [1.54, 1.807) is 41.6 Å². The second-order valence-electron chi connectivity index (χ2n) is 6.39. The summed E-state index contributed by atoms with van der Waals surface area (Å²) < 4.78 is 19.8. The number of terminal acetylenes is 1. The Labute approximate surface area is 197 Å². The Morgan fingerprint density at radius 1 is 1.42 bits per heavy atom. The van der Waals surface area contributed by atoms with E-state index in [-0.39, 0.29) is 6.61 Å². The van der Waals surface area contributed by atoms with Crippen molar-refractivity contribution in [3.8, 4) is 18.9 Å². The van der Waals surface area contributed by atoms with Crippen molar-refractivity contribution in [3.05, 3.63) is 81.6 Å². The topological polar surface area (TPSA) is 70.2 Å². The molecule has 1 aromatic rings. The SMILES string of the molecule is C#C.CCN(/N=C\CCOC1=CC=C=C(F)C=C1C1=CC=NOC1)c1ccc(C#N)c(Cl)c1. The molecule has 1 aliphatic heterocycles. The molecule has 1 aromatic carbocycles. The third-order valence-electron chi connectivity index (χ3n) is 4.37. The Hall–Kier alpha value is -4.03. The van der Waals surface area contributed by atoms with Crippen LogP contribution in [0, 0.1) is 24.2 Å². The lowest BCUT2D eigenvalue weighted by molar-refractivity contribution is 0.165. The smallest absolute Gasteiger partial charge is 0.166 e. The van der Waals surface area contributed by atoms with Crippen LogP contribution in [0.4, 0.5) is 10.1 Å². The summed E-state index contributed by atoms with van der Waals surface area (Å²) in [6, 6.07) is 7.21. The molecule has 1 heterocycles. The zero-order valence-electron chi connectivity index (χ0n) is 18.0. The number of benzene rings is 1. The van der Waals surface area contributed by atoms with Crippen LogP contribution in [0.2, 0.25) is 5.02 Å². The van der Waals surface area contributed by atoms with Gasteiger partial charge in [0.05, 0.1) is 29.1 Å². The summed E-state index contributed by atoms with van der Waals surface area (Å²) in [5.41, 5.74) is 5.08. The van der Waals surface area contributed by atoms with Crippen LogP contribution in [-0.4, -0.2) is 32.2 Å². The molecule has 0 spiro atoms. The van der Waals surface area contributed by atoms with E-state index in [4.69, 9.17) is 26.4 Å². The molecule has 6 nitrogen and oxygen atoms in total. The van der Waals surface area contributed by atoms with Crippen LogP contribution in [0.1, 0.15) is 18.9 Å². The minimum Gasteiger partial charge on any atom is -0.493 e. The molecule has 0 N–H and O–H groups in total. The van der Waals surface area contributed by atoms with Crippen molar-refractivity contribution < 1.29 is 14.0 Å². The Kier molecular flexibility index (Phi) is 10.2. The Bertz CT molecular complexity index is 1130. The second kappa shape index (κ2) is 13.4. The molecule has 0 bridgehead atoms. The monoisotopic (exact) mass is 464 g/mol. The maximum Gasteiger partial charge on any atom is 0.166 e. The lowest BCUT2D eigenvalue weighted by atomic mass is 10.0. The first-order valence-corrected chi connectivity index (χ1v) is 10.4. The highest BCUT2D eigenvalue weighted by Gasteiger charge is 2.16. The third kappa shape index (κ3) is 7.26. The van der Waals surface area contributed by atoms with E-state index in [1.807, 2.05) is 13.0 Å². The number of anilines is 1. The Balaban J connectivity index is 0.00000187. The van der Waals surface area contributed by atoms with Gasteiger partial charge in [0.15, 0.2) is 5.83 Å². The summed E-state index contributed by atoms with van der Waals surface area (Å²) in [4.78, 5) is 5.07. The van der Waals surface area contributed by atoms with Crippen molar-refractivity contribution in [1.82, 2.24) is 0 Å². The lowest BCUT2D eigenvalue weighted by Crippen LogP contribution is -2.15. The minimum absolute atomic E-state index is 0.233. The number of hydrogen-bond acceptors (Lipinski definition) is 6. The van der Waals surface area contributed by atoms with Crippen LogP contribution in [0.3, 0.4) is 0 Å². The van der Waals surface area contributed by atoms with Gasteiger partial charge in [-0.1, -0.05) is 22.5 Å². The summed E-state index contributed by atoms with van der Waals surface area (Å²) in [5, 5.41) is 19.3. The van der Waals surface area contributed by atoms with Crippen LogP contribution in [0.25, 0.3) is 0 Å². The number of hydrazone groups is 1. The predicted octanol–water partition coefficient (Wildman–Crippen LogP) is 5.45. The number of rotatable bonds is 8. The first-order chi connectivity index (χ1) is 16.1. The number of ether oxygens (including phenoxy) is 1. The molecule has 0 aromatic heterocycles. The molecular formula is C25H22ClFN4O2. The molecule has 1 aliphatic carbocycles. The number of allylic oxidation sites excluding steroid dienone is 5. The fourth-order valence-electron chi connectivity index (χ4n) is 2.85. The van der Waals surface area contributed by atoms with Gasteiger partial charge in [0.25, 0.3) is 0 Å². The van der Waals surface area contributed by atoms with E-state index >= 15 is 0 Å². The standard InChI is InChI=1S/C23H20ClFN4O2.C2H2/c1-2-29(20-8-7-17(15-26)22(24)14-20)27-10-4-12-30-23-6-3-5-19(25)13-21(23)18-9-11-28-31-16-18;1-2/h3,6-11,13-14H,2,4,12,16H2,1H3;1-2H/b27-10-;. The largest absolute Gasteiger partial charge is 0.493 e. The summed E-state index contributed by atoms with van der Waals surface area (Å²) in [6.07, 6.45) is 18.0. The Morgan fingerprint density at radius 3 is 2.91 bits per heavy atom. The van der Waals surface area contributed by atoms with Crippen molar-refractivity contribution in [2.45, 2.75) is 13.3 Å². The van der Waals surface area contributed by atoms with E-state index in [2.05, 4.69) is 28.8 Å². The molecule has 8 heteroatoms. The van der Waals surface area contributed by atoms with Crippen molar-refractivity contribution in [2.75, 3.05) is 24.8 Å². The highest BCUT2D eigenvalue weighted by Crippen LogP contribution is 2.26. The number of nitrogens with zero attached hydrogens (tertiary/aromatic N) is 4. The molecule has 0 unspecified atom stereocenters. The van der Waals surface area contributed by atoms with Gasteiger partial charge < -0.3 is 9.57 Å². The van der Waals surface area contributed by atoms with Crippen LogP contribution in [0.5, 0.6) is 0 Å². The van der Waals surface area contributed by atoms with Crippen molar-refractivity contribution in [1.29, 1.82) is 5.26 Å². The molecule has 0 saturated carbocycles. The molecule has 0 atom stereocenters. The van der Waals surface area contributed by atoms with Crippen LogP contribution in [-0.2, 0) is 9.57 Å².